The number of aromatic nitrogens is 7. The molecule has 184 valence electrons. The van der Waals surface area contributed by atoms with Crippen LogP contribution >= 0.6 is 0 Å². The first-order valence-electron chi connectivity index (χ1n) is 14.1. The molecule has 35 heavy (non-hydrogen) atoms. The second-order valence-corrected chi connectivity index (χ2v) is 10.1. The Labute approximate surface area is 210 Å². The van der Waals surface area contributed by atoms with E-state index < -0.39 is 42.1 Å². The minimum Gasteiger partial charge on any atom is -0.507 e. The molecule has 3 aliphatic rings. The molecular formula is C24H30FN9O. The first kappa shape index (κ1) is 17.3. The number of hydrogen-bond donors (Lipinski definition) is 2. The molecule has 2 aliphatic heterocycles. The number of rotatable bonds is 5. The third-order valence-corrected chi connectivity index (χ3v) is 7.23. The van der Waals surface area contributed by atoms with Crippen LogP contribution < -0.4 is 10.2 Å². The predicted octanol–water partition coefficient (Wildman–Crippen LogP) is 2.80. The van der Waals surface area contributed by atoms with E-state index in [0.29, 0.717) is 17.8 Å². The van der Waals surface area contributed by atoms with Gasteiger partial charge in [0.25, 0.3) is 0 Å². The van der Waals surface area contributed by atoms with E-state index in [0.717, 1.165) is 17.7 Å². The zero-order chi connectivity index (χ0) is 28.9. The van der Waals surface area contributed by atoms with Crippen LogP contribution in [0.15, 0.2) is 24.4 Å². The molecule has 2 saturated heterocycles. The van der Waals surface area contributed by atoms with Crippen molar-refractivity contribution < 1.29 is 16.4 Å². The lowest BCUT2D eigenvalue weighted by molar-refractivity contribution is 0.000258. The molecule has 4 heterocycles. The third-order valence-electron chi connectivity index (χ3n) is 7.23. The van der Waals surface area contributed by atoms with Gasteiger partial charge in [-0.15, -0.1) is 20.4 Å². The molecule has 4 atom stereocenters. The van der Waals surface area contributed by atoms with Crippen molar-refractivity contribution in [3.05, 3.63) is 24.4 Å². The molecule has 6 rings (SSSR count). The number of aromatic hydroxyl groups is 1. The first-order chi connectivity index (χ1) is 18.6. The minimum atomic E-state index is -2.59. The van der Waals surface area contributed by atoms with Crippen molar-refractivity contribution in [2.75, 3.05) is 4.90 Å². The number of nitrogens with one attached hydrogen (secondary N) is 1. The van der Waals surface area contributed by atoms with Crippen molar-refractivity contribution in [1.82, 2.24) is 40.7 Å². The Morgan fingerprint density at radius 2 is 2.06 bits per heavy atom. The highest BCUT2D eigenvalue weighted by molar-refractivity contribution is 5.70. The Morgan fingerprint density at radius 3 is 2.71 bits per heavy atom. The van der Waals surface area contributed by atoms with Gasteiger partial charge in [-0.05, 0) is 69.6 Å². The average Bonchev–Trinajstić information content (AvgIpc) is 3.18. The number of phenolic OH excluding ortho intramolecular Hbond substituents is 1. The molecule has 2 bridgehead atoms. The number of halogens is 1. The minimum absolute atomic E-state index is 0.0404. The molecular weight excluding hydrogens is 449 g/mol. The summed E-state index contributed by atoms with van der Waals surface area (Å²) in [7, 11) is 1.62. The van der Waals surface area contributed by atoms with Crippen LogP contribution in [0.2, 0.25) is 0 Å². The summed E-state index contributed by atoms with van der Waals surface area (Å²) in [5, 5.41) is 34.2. The van der Waals surface area contributed by atoms with E-state index in [1.165, 1.54) is 17.1 Å². The predicted molar refractivity (Wildman–Crippen MR) is 127 cm³/mol. The standard InChI is InChI=1S/C24H30FN9O/c1-23-9-4-10-24(2,31-23)20(25)17(12-23)34(15-6-7-15)19-13-26-22(28-27-19)16-8-5-14(11-18(16)35)21-29-32-33(3)30-21/h5,8,11,13,15,17,20,31,35H,4,6-7,9-10,12H2,1-3H3/t17-,20-,23-,24+/m0/s1/i6D2,7D2,15D. The number of nitrogens with zero attached hydrogens (tertiary/aromatic N) is 8. The molecule has 3 aromatic rings. The summed E-state index contributed by atoms with van der Waals surface area (Å²) in [5.74, 6) is 0.0827. The fourth-order valence-electron chi connectivity index (χ4n) is 5.59. The Hall–Kier alpha value is -3.21. The largest absolute Gasteiger partial charge is 0.507 e. The van der Waals surface area contributed by atoms with E-state index in [2.05, 4.69) is 35.9 Å². The Kier molecular flexibility index (Phi) is 3.90. The SMILES string of the molecule is [2H]C1([2H])C([2H])([2H])C1([2H])N(c1cnc(-c2ccc(-c3nnn(C)n3)cc2O)nn1)[C@H]1C[C@]2(C)CCC[C@@](C)(N2)[C@H]1F. The fraction of sp³-hybridized carbons (Fsp3) is 0.583. The monoisotopic (exact) mass is 484 g/mol. The smallest absolute Gasteiger partial charge is 0.205 e. The summed E-state index contributed by atoms with van der Waals surface area (Å²) in [6.45, 7) is 3.76. The van der Waals surface area contributed by atoms with Gasteiger partial charge in [0.05, 0.1) is 26.2 Å². The normalized spacial score (nSPS) is 36.2. The molecule has 1 aromatic carbocycles. The number of aryl methyl sites for hydroxylation is 1. The van der Waals surface area contributed by atoms with Crippen LogP contribution in [0.4, 0.5) is 10.2 Å². The van der Waals surface area contributed by atoms with Gasteiger partial charge in [0.15, 0.2) is 11.6 Å². The van der Waals surface area contributed by atoms with E-state index in [9.17, 15) is 5.11 Å². The number of fused-ring (bicyclic) bond motifs is 2. The zero-order valence-corrected chi connectivity index (χ0v) is 19.7. The van der Waals surface area contributed by atoms with Crippen LogP contribution in [0.1, 0.15) is 59.1 Å². The molecule has 1 saturated carbocycles. The number of tetrazole rings is 1. The number of alkyl halides is 1. The van der Waals surface area contributed by atoms with E-state index in [4.69, 9.17) is 6.85 Å². The van der Waals surface area contributed by atoms with Crippen LogP contribution in [0.3, 0.4) is 0 Å². The summed E-state index contributed by atoms with van der Waals surface area (Å²) in [4.78, 5) is 6.72. The second-order valence-electron chi connectivity index (χ2n) is 10.1. The molecule has 2 aromatic heterocycles. The van der Waals surface area contributed by atoms with E-state index in [1.54, 1.807) is 26.1 Å². The van der Waals surface area contributed by atoms with Crippen LogP contribution in [0.25, 0.3) is 22.8 Å². The molecule has 0 spiro atoms. The first-order valence-corrected chi connectivity index (χ1v) is 11.6. The molecule has 10 nitrogen and oxygen atoms in total. The molecule has 2 N–H and O–H groups in total. The zero-order valence-electron chi connectivity index (χ0n) is 24.7. The lowest BCUT2D eigenvalue weighted by Gasteiger charge is -2.57. The maximum atomic E-state index is 16.3. The summed E-state index contributed by atoms with van der Waals surface area (Å²) in [5.41, 5.74) is -0.636. The molecule has 0 unspecified atom stereocenters. The van der Waals surface area contributed by atoms with Gasteiger partial charge in [0.2, 0.25) is 5.82 Å². The van der Waals surface area contributed by atoms with Gasteiger partial charge in [-0.2, -0.15) is 4.80 Å². The quantitative estimate of drug-likeness (QED) is 0.563. The van der Waals surface area contributed by atoms with Crippen molar-refractivity contribution in [2.45, 2.75) is 81.6 Å². The highest BCUT2D eigenvalue weighted by Crippen LogP contribution is 2.46. The van der Waals surface area contributed by atoms with Crippen LogP contribution in [-0.2, 0) is 7.05 Å². The fourth-order valence-corrected chi connectivity index (χ4v) is 5.59. The Morgan fingerprint density at radius 1 is 1.23 bits per heavy atom. The topological polar surface area (TPSA) is 118 Å². The molecule has 0 amide bonds. The van der Waals surface area contributed by atoms with Gasteiger partial charge < -0.3 is 15.3 Å². The van der Waals surface area contributed by atoms with E-state index in [1.807, 2.05) is 6.92 Å². The van der Waals surface area contributed by atoms with Crippen molar-refractivity contribution in [1.29, 1.82) is 0 Å². The van der Waals surface area contributed by atoms with Crippen LogP contribution in [0, 0.1) is 0 Å². The van der Waals surface area contributed by atoms with Crippen molar-refractivity contribution in [3.8, 4) is 28.5 Å². The Bertz CT molecular complexity index is 1460. The number of benzene rings is 1. The van der Waals surface area contributed by atoms with Crippen LogP contribution in [-0.4, -0.2) is 69.8 Å². The highest BCUT2D eigenvalue weighted by atomic mass is 19.1. The lowest BCUT2D eigenvalue weighted by atomic mass is 9.68. The van der Waals surface area contributed by atoms with Crippen molar-refractivity contribution >= 4 is 5.82 Å². The summed E-state index contributed by atoms with van der Waals surface area (Å²) < 4.78 is 58.6. The highest BCUT2D eigenvalue weighted by Gasteiger charge is 2.55. The molecule has 11 heteroatoms. The number of piperidine rings is 2. The molecule has 0 radical (unpaired) electrons. The van der Waals surface area contributed by atoms with E-state index in [-0.39, 0.29) is 29.4 Å². The molecule has 1 aliphatic carbocycles. The maximum absolute atomic E-state index is 16.3. The Balaban J connectivity index is 1.38. The maximum Gasteiger partial charge on any atom is 0.205 e. The van der Waals surface area contributed by atoms with Gasteiger partial charge in [0.1, 0.15) is 11.9 Å². The molecule has 3 fully saturated rings. The van der Waals surface area contributed by atoms with Gasteiger partial charge >= 0.3 is 0 Å². The van der Waals surface area contributed by atoms with Gasteiger partial charge in [0, 0.05) is 28.1 Å². The van der Waals surface area contributed by atoms with Gasteiger partial charge in [-0.1, -0.05) is 6.07 Å². The summed E-state index contributed by atoms with van der Waals surface area (Å²) >= 11 is 0. The van der Waals surface area contributed by atoms with Gasteiger partial charge in [-0.25, -0.2) is 9.37 Å². The second kappa shape index (κ2) is 7.91. The van der Waals surface area contributed by atoms with Gasteiger partial charge in [-0.3, -0.25) is 0 Å². The third kappa shape index (κ3) is 3.91. The van der Waals surface area contributed by atoms with Crippen molar-refractivity contribution in [3.63, 3.8) is 0 Å². The lowest BCUT2D eigenvalue weighted by Crippen LogP contribution is -2.73. The summed E-state index contributed by atoms with van der Waals surface area (Å²) in [6.07, 6.45) is -3.12. The average molecular weight is 485 g/mol. The number of anilines is 1. The number of hydrogen-bond acceptors (Lipinski definition) is 9. The van der Waals surface area contributed by atoms with Crippen molar-refractivity contribution in [2.24, 2.45) is 7.05 Å². The summed E-state index contributed by atoms with van der Waals surface area (Å²) in [6, 6.07) is 1.16. The van der Waals surface area contributed by atoms with Crippen LogP contribution in [0.5, 0.6) is 5.75 Å². The van der Waals surface area contributed by atoms with E-state index >= 15 is 4.39 Å². The number of phenols is 1.